The number of ether oxygens (including phenoxy) is 1. The number of hydrogen-bond donors (Lipinski definition) is 1. The van der Waals surface area contributed by atoms with Crippen LogP contribution in [0.4, 0.5) is 5.82 Å². The molecular formula is C15H18ClN3O. The van der Waals surface area contributed by atoms with Crippen LogP contribution in [0.5, 0.6) is 0 Å². The van der Waals surface area contributed by atoms with Gasteiger partial charge < -0.3 is 10.1 Å². The smallest absolute Gasteiger partial charge is 0.148 e. The Labute approximate surface area is 124 Å². The second-order valence-electron chi connectivity index (χ2n) is 4.59. The van der Waals surface area contributed by atoms with Crippen molar-refractivity contribution < 1.29 is 4.74 Å². The second kappa shape index (κ2) is 7.82. The highest BCUT2D eigenvalue weighted by atomic mass is 35.5. The van der Waals surface area contributed by atoms with Crippen molar-refractivity contribution in [1.82, 2.24) is 9.97 Å². The molecule has 0 saturated carbocycles. The highest BCUT2D eigenvalue weighted by molar-refractivity contribution is 6.32. The maximum absolute atomic E-state index is 5.99. The number of aromatic nitrogens is 2. The van der Waals surface area contributed by atoms with Gasteiger partial charge in [-0.25, -0.2) is 9.97 Å². The molecule has 0 saturated heterocycles. The summed E-state index contributed by atoms with van der Waals surface area (Å²) < 4.78 is 5.65. The normalized spacial score (nSPS) is 12.1. The van der Waals surface area contributed by atoms with Gasteiger partial charge in [-0.15, -0.1) is 0 Å². The molecule has 0 aliphatic carbocycles. The molecule has 0 bridgehead atoms. The molecule has 1 atom stereocenters. The lowest BCUT2D eigenvalue weighted by atomic mass is 10.2. The SMILES string of the molecule is CC(CCOCc1ccccc1)Nc1ncncc1Cl. The molecule has 1 N–H and O–H groups in total. The van der Waals surface area contributed by atoms with Crippen molar-refractivity contribution in [3.63, 3.8) is 0 Å². The summed E-state index contributed by atoms with van der Waals surface area (Å²) in [6, 6.07) is 10.4. The number of nitrogens with zero attached hydrogens (tertiary/aromatic N) is 2. The number of hydrogen-bond acceptors (Lipinski definition) is 4. The predicted octanol–water partition coefficient (Wildman–Crippen LogP) is 3.54. The Morgan fingerprint density at radius 3 is 2.85 bits per heavy atom. The lowest BCUT2D eigenvalue weighted by Crippen LogP contribution is -2.18. The average molecular weight is 292 g/mol. The zero-order valence-electron chi connectivity index (χ0n) is 11.4. The fourth-order valence-corrected chi connectivity index (χ4v) is 1.91. The Kier molecular flexibility index (Phi) is 5.77. The fraction of sp³-hybridized carbons (Fsp3) is 0.333. The maximum Gasteiger partial charge on any atom is 0.148 e. The molecule has 5 heteroatoms. The molecule has 2 rings (SSSR count). The molecule has 1 aromatic carbocycles. The van der Waals surface area contributed by atoms with Crippen LogP contribution in [-0.2, 0) is 11.3 Å². The Morgan fingerprint density at radius 2 is 2.10 bits per heavy atom. The molecule has 0 aliphatic rings. The van der Waals surface area contributed by atoms with E-state index in [-0.39, 0.29) is 6.04 Å². The monoisotopic (exact) mass is 291 g/mol. The zero-order valence-corrected chi connectivity index (χ0v) is 12.2. The van der Waals surface area contributed by atoms with Crippen LogP contribution in [0.1, 0.15) is 18.9 Å². The van der Waals surface area contributed by atoms with Gasteiger partial charge in [-0.05, 0) is 18.9 Å². The minimum absolute atomic E-state index is 0.234. The second-order valence-corrected chi connectivity index (χ2v) is 5.00. The van der Waals surface area contributed by atoms with Gasteiger partial charge in [-0.2, -0.15) is 0 Å². The third kappa shape index (κ3) is 4.79. The van der Waals surface area contributed by atoms with E-state index in [0.29, 0.717) is 24.1 Å². The Bertz CT molecular complexity index is 522. The van der Waals surface area contributed by atoms with Crippen LogP contribution in [0.3, 0.4) is 0 Å². The van der Waals surface area contributed by atoms with Crippen molar-refractivity contribution in [3.05, 3.63) is 53.4 Å². The molecule has 0 fully saturated rings. The van der Waals surface area contributed by atoms with E-state index in [1.54, 1.807) is 6.20 Å². The van der Waals surface area contributed by atoms with Crippen molar-refractivity contribution in [2.24, 2.45) is 0 Å². The molecule has 0 aliphatic heterocycles. The quantitative estimate of drug-likeness (QED) is 0.793. The summed E-state index contributed by atoms with van der Waals surface area (Å²) in [7, 11) is 0. The molecule has 1 aromatic heterocycles. The maximum atomic E-state index is 5.99. The Morgan fingerprint density at radius 1 is 1.30 bits per heavy atom. The van der Waals surface area contributed by atoms with Gasteiger partial charge in [-0.1, -0.05) is 41.9 Å². The zero-order chi connectivity index (χ0) is 14.2. The predicted molar refractivity (Wildman–Crippen MR) is 80.8 cm³/mol. The first-order valence-electron chi connectivity index (χ1n) is 6.59. The van der Waals surface area contributed by atoms with E-state index >= 15 is 0 Å². The van der Waals surface area contributed by atoms with Crippen LogP contribution < -0.4 is 5.32 Å². The van der Waals surface area contributed by atoms with Gasteiger partial charge in [0, 0.05) is 12.6 Å². The lowest BCUT2D eigenvalue weighted by Gasteiger charge is -2.15. The number of nitrogens with one attached hydrogen (secondary N) is 1. The first kappa shape index (κ1) is 14.8. The standard InChI is InChI=1S/C15H18ClN3O/c1-12(19-15-14(16)9-17-11-18-15)7-8-20-10-13-5-3-2-4-6-13/h2-6,9,11-12H,7-8,10H2,1H3,(H,17,18,19). The summed E-state index contributed by atoms with van der Waals surface area (Å²) in [6.07, 6.45) is 3.94. The molecule has 0 amide bonds. The molecule has 2 aromatic rings. The van der Waals surface area contributed by atoms with Gasteiger partial charge in [0.1, 0.15) is 17.2 Å². The molecule has 1 heterocycles. The summed E-state index contributed by atoms with van der Waals surface area (Å²) in [5, 5.41) is 3.78. The molecule has 0 radical (unpaired) electrons. The summed E-state index contributed by atoms with van der Waals surface area (Å²) in [5.41, 5.74) is 1.19. The van der Waals surface area contributed by atoms with E-state index in [0.717, 1.165) is 6.42 Å². The van der Waals surface area contributed by atoms with Gasteiger partial charge in [0.25, 0.3) is 0 Å². The van der Waals surface area contributed by atoms with Gasteiger partial charge in [-0.3, -0.25) is 0 Å². The molecule has 1 unspecified atom stereocenters. The average Bonchev–Trinajstić information content (AvgIpc) is 2.47. The number of anilines is 1. The van der Waals surface area contributed by atoms with E-state index in [1.807, 2.05) is 18.2 Å². The van der Waals surface area contributed by atoms with Crippen LogP contribution in [0, 0.1) is 0 Å². The molecule has 4 nitrogen and oxygen atoms in total. The highest BCUT2D eigenvalue weighted by Gasteiger charge is 2.06. The first-order valence-corrected chi connectivity index (χ1v) is 6.97. The van der Waals surface area contributed by atoms with Gasteiger partial charge >= 0.3 is 0 Å². The number of halogens is 1. The van der Waals surface area contributed by atoms with Crippen LogP contribution >= 0.6 is 11.6 Å². The summed E-state index contributed by atoms with van der Waals surface area (Å²) in [5.74, 6) is 0.664. The van der Waals surface area contributed by atoms with Crippen molar-refractivity contribution in [3.8, 4) is 0 Å². The largest absolute Gasteiger partial charge is 0.377 e. The summed E-state index contributed by atoms with van der Waals surface area (Å²) >= 11 is 5.99. The van der Waals surface area contributed by atoms with Gasteiger partial charge in [0.05, 0.1) is 12.8 Å². The minimum Gasteiger partial charge on any atom is -0.377 e. The molecular weight excluding hydrogens is 274 g/mol. The van der Waals surface area contributed by atoms with Crippen LogP contribution in [0.25, 0.3) is 0 Å². The molecule has 20 heavy (non-hydrogen) atoms. The van der Waals surface area contributed by atoms with Crippen molar-refractivity contribution in [2.45, 2.75) is 26.0 Å². The van der Waals surface area contributed by atoms with Crippen LogP contribution in [0.2, 0.25) is 5.02 Å². The molecule has 0 spiro atoms. The van der Waals surface area contributed by atoms with E-state index in [1.165, 1.54) is 11.9 Å². The fourth-order valence-electron chi connectivity index (χ4n) is 1.75. The Balaban J connectivity index is 1.68. The van der Waals surface area contributed by atoms with E-state index in [2.05, 4.69) is 34.3 Å². The topological polar surface area (TPSA) is 47.0 Å². The van der Waals surface area contributed by atoms with Crippen molar-refractivity contribution >= 4 is 17.4 Å². The highest BCUT2D eigenvalue weighted by Crippen LogP contribution is 2.17. The third-order valence-corrected chi connectivity index (χ3v) is 3.13. The van der Waals surface area contributed by atoms with Crippen molar-refractivity contribution in [2.75, 3.05) is 11.9 Å². The summed E-state index contributed by atoms with van der Waals surface area (Å²) in [4.78, 5) is 7.95. The number of benzene rings is 1. The van der Waals surface area contributed by atoms with Crippen LogP contribution in [0.15, 0.2) is 42.9 Å². The van der Waals surface area contributed by atoms with Crippen molar-refractivity contribution in [1.29, 1.82) is 0 Å². The van der Waals surface area contributed by atoms with Crippen LogP contribution in [-0.4, -0.2) is 22.6 Å². The van der Waals surface area contributed by atoms with E-state index < -0.39 is 0 Å². The van der Waals surface area contributed by atoms with Gasteiger partial charge in [0.15, 0.2) is 0 Å². The van der Waals surface area contributed by atoms with Gasteiger partial charge in [0.2, 0.25) is 0 Å². The Hall–Kier alpha value is -1.65. The lowest BCUT2D eigenvalue weighted by molar-refractivity contribution is 0.116. The number of rotatable bonds is 7. The molecule has 106 valence electrons. The summed E-state index contributed by atoms with van der Waals surface area (Å²) in [6.45, 7) is 3.40. The minimum atomic E-state index is 0.234. The third-order valence-electron chi connectivity index (χ3n) is 2.86. The van der Waals surface area contributed by atoms with E-state index in [4.69, 9.17) is 16.3 Å². The first-order chi connectivity index (χ1) is 9.75. The van der Waals surface area contributed by atoms with E-state index in [9.17, 15) is 0 Å².